The summed E-state index contributed by atoms with van der Waals surface area (Å²) in [5, 5.41) is 2.43. The van der Waals surface area contributed by atoms with E-state index in [1.54, 1.807) is 0 Å². The fourth-order valence-corrected chi connectivity index (χ4v) is 1.46. The lowest BCUT2D eigenvalue weighted by atomic mass is 10.1. The maximum Gasteiger partial charge on any atom is 0.354 e. The number of rotatable bonds is 5. The van der Waals surface area contributed by atoms with Gasteiger partial charge in [0.25, 0.3) is 5.91 Å². The second-order valence-electron chi connectivity index (χ2n) is 3.72. The lowest BCUT2D eigenvalue weighted by Crippen LogP contribution is -2.20. The van der Waals surface area contributed by atoms with Gasteiger partial charge < -0.3 is 20.5 Å². The third-order valence-corrected chi connectivity index (χ3v) is 2.40. The zero-order chi connectivity index (χ0) is 16.0. The molecule has 0 spiro atoms. The highest BCUT2D eigenvalue weighted by molar-refractivity contribution is 6.03. The molecule has 7 nitrogen and oxygen atoms in total. The van der Waals surface area contributed by atoms with Crippen molar-refractivity contribution in [2.24, 2.45) is 5.73 Å². The number of benzene rings is 1. The van der Waals surface area contributed by atoms with Gasteiger partial charge in [-0.2, -0.15) is 0 Å². The molecule has 0 bridgehead atoms. The van der Waals surface area contributed by atoms with Crippen molar-refractivity contribution in [3.05, 3.63) is 41.4 Å². The van der Waals surface area contributed by atoms with Crippen molar-refractivity contribution in [2.45, 2.75) is 0 Å². The Balaban J connectivity index is 3.25. The minimum Gasteiger partial charge on any atom is -0.466 e. The number of hydrogen-bond donors (Lipinski definition) is 2. The van der Waals surface area contributed by atoms with E-state index in [9.17, 15) is 18.8 Å². The molecule has 0 atom stereocenters. The van der Waals surface area contributed by atoms with Crippen LogP contribution in [0.25, 0.3) is 0 Å². The van der Waals surface area contributed by atoms with Gasteiger partial charge in [0.05, 0.1) is 31.5 Å². The van der Waals surface area contributed by atoms with E-state index in [0.717, 1.165) is 26.4 Å². The highest BCUT2D eigenvalue weighted by atomic mass is 19.1. The number of ether oxygens (including phenoxy) is 2. The lowest BCUT2D eigenvalue weighted by Gasteiger charge is -2.12. The number of amides is 1. The van der Waals surface area contributed by atoms with E-state index < -0.39 is 29.2 Å². The van der Waals surface area contributed by atoms with E-state index >= 15 is 0 Å². The number of carbonyl (C=O) groups excluding carboxylic acids is 3. The van der Waals surface area contributed by atoms with Crippen molar-refractivity contribution in [3.8, 4) is 0 Å². The van der Waals surface area contributed by atoms with E-state index in [2.05, 4.69) is 14.8 Å². The molecule has 21 heavy (non-hydrogen) atoms. The van der Waals surface area contributed by atoms with E-state index in [0.29, 0.717) is 0 Å². The van der Waals surface area contributed by atoms with Gasteiger partial charge in [0.1, 0.15) is 11.5 Å². The first kappa shape index (κ1) is 16.2. The van der Waals surface area contributed by atoms with Gasteiger partial charge in [0, 0.05) is 0 Å². The van der Waals surface area contributed by atoms with Crippen LogP contribution < -0.4 is 11.1 Å². The van der Waals surface area contributed by atoms with Gasteiger partial charge in [-0.05, 0) is 12.1 Å². The number of hydrogen-bond acceptors (Lipinski definition) is 6. The molecule has 1 aromatic carbocycles. The van der Waals surface area contributed by atoms with Crippen LogP contribution in [0.5, 0.6) is 0 Å². The number of esters is 2. The van der Waals surface area contributed by atoms with Gasteiger partial charge in [-0.15, -0.1) is 0 Å². The third kappa shape index (κ3) is 4.03. The summed E-state index contributed by atoms with van der Waals surface area (Å²) in [7, 11) is 2.21. The molecule has 0 unspecified atom stereocenters. The highest BCUT2D eigenvalue weighted by Crippen LogP contribution is 2.20. The largest absolute Gasteiger partial charge is 0.466 e. The molecule has 0 saturated carbocycles. The normalized spacial score (nSPS) is 10.7. The Bertz CT molecular complexity index is 613. The van der Waals surface area contributed by atoms with Gasteiger partial charge in [-0.1, -0.05) is 6.07 Å². The van der Waals surface area contributed by atoms with E-state index in [1.165, 1.54) is 12.1 Å². The monoisotopic (exact) mass is 296 g/mol. The van der Waals surface area contributed by atoms with Crippen LogP contribution in [0.4, 0.5) is 10.1 Å². The minimum absolute atomic E-state index is 0.0805. The molecule has 1 amide bonds. The Kier molecular flexibility index (Phi) is 5.41. The first-order chi connectivity index (χ1) is 9.90. The van der Waals surface area contributed by atoms with Gasteiger partial charge in [0.15, 0.2) is 0 Å². The molecule has 0 heterocycles. The Morgan fingerprint density at radius 3 is 2.43 bits per heavy atom. The summed E-state index contributed by atoms with van der Waals surface area (Å²) in [5.74, 6) is -3.63. The average molecular weight is 296 g/mol. The highest BCUT2D eigenvalue weighted by Gasteiger charge is 2.18. The van der Waals surface area contributed by atoms with Gasteiger partial charge in [-0.25, -0.2) is 14.0 Å². The summed E-state index contributed by atoms with van der Waals surface area (Å²) >= 11 is 0. The zero-order valence-electron chi connectivity index (χ0n) is 11.3. The predicted molar refractivity (Wildman–Crippen MR) is 70.7 cm³/mol. The van der Waals surface area contributed by atoms with Crippen LogP contribution >= 0.6 is 0 Å². The summed E-state index contributed by atoms with van der Waals surface area (Å²) in [6.07, 6.45) is 0.807. The number of halogens is 1. The smallest absolute Gasteiger partial charge is 0.354 e. The molecule has 1 aromatic rings. The van der Waals surface area contributed by atoms with E-state index in [1.807, 2.05) is 0 Å². The van der Waals surface area contributed by atoms with Gasteiger partial charge in [-0.3, -0.25) is 4.79 Å². The Labute approximate surface area is 119 Å². The van der Waals surface area contributed by atoms with Crippen molar-refractivity contribution < 1.29 is 28.2 Å². The fourth-order valence-electron chi connectivity index (χ4n) is 1.46. The van der Waals surface area contributed by atoms with Crippen LogP contribution in [0.3, 0.4) is 0 Å². The molecule has 3 N–H and O–H groups in total. The number of anilines is 1. The molecule has 0 fully saturated rings. The maximum atomic E-state index is 13.6. The zero-order valence-corrected chi connectivity index (χ0v) is 11.3. The number of carbonyl (C=O) groups is 3. The molecule has 0 aliphatic heterocycles. The topological polar surface area (TPSA) is 108 Å². The second-order valence-corrected chi connectivity index (χ2v) is 3.72. The molecule has 0 radical (unpaired) electrons. The summed E-state index contributed by atoms with van der Waals surface area (Å²) in [5.41, 5.74) is 4.22. The number of primary amides is 1. The van der Waals surface area contributed by atoms with Crippen LogP contribution in [0, 0.1) is 5.82 Å². The molecular weight excluding hydrogens is 283 g/mol. The van der Waals surface area contributed by atoms with Crippen molar-refractivity contribution in [1.29, 1.82) is 0 Å². The van der Waals surface area contributed by atoms with Crippen LogP contribution in [0.1, 0.15) is 10.4 Å². The molecule has 0 aliphatic rings. The van der Waals surface area contributed by atoms with Crippen molar-refractivity contribution in [1.82, 2.24) is 0 Å². The molecular formula is C13H13FN2O5. The molecule has 0 aromatic heterocycles. The summed E-state index contributed by atoms with van der Waals surface area (Å²) in [6, 6.07) is 3.65. The second kappa shape index (κ2) is 7.04. The first-order valence-corrected chi connectivity index (χ1v) is 5.64. The van der Waals surface area contributed by atoms with Crippen molar-refractivity contribution in [3.63, 3.8) is 0 Å². The molecule has 0 saturated heterocycles. The van der Waals surface area contributed by atoms with Crippen LogP contribution in [0.2, 0.25) is 0 Å². The summed E-state index contributed by atoms with van der Waals surface area (Å²) in [4.78, 5) is 34.0. The average Bonchev–Trinajstić information content (AvgIpc) is 2.45. The first-order valence-electron chi connectivity index (χ1n) is 5.64. The third-order valence-electron chi connectivity index (χ3n) is 2.40. The molecule has 8 heteroatoms. The van der Waals surface area contributed by atoms with E-state index in [4.69, 9.17) is 5.73 Å². The predicted octanol–water partition coefficient (Wildman–Crippen LogP) is 0.566. The van der Waals surface area contributed by atoms with Crippen molar-refractivity contribution >= 4 is 23.5 Å². The lowest BCUT2D eigenvalue weighted by molar-refractivity contribution is -0.138. The van der Waals surface area contributed by atoms with Gasteiger partial charge in [0.2, 0.25) is 0 Å². The number of methoxy groups -OCH3 is 2. The fraction of sp³-hybridized carbons (Fsp3) is 0.154. The van der Waals surface area contributed by atoms with E-state index in [-0.39, 0.29) is 11.4 Å². The maximum absolute atomic E-state index is 13.6. The standard InChI is InChI=1S/C13H13FN2O5/c1-20-10(17)6-9(13(19)21-2)16-8-5-3-4-7(14)11(8)12(15)18/h3-6,16H,1-2H3,(H2,15,18)/b9-6+. The Morgan fingerprint density at radius 1 is 1.24 bits per heavy atom. The molecule has 1 rings (SSSR count). The van der Waals surface area contributed by atoms with Gasteiger partial charge >= 0.3 is 11.9 Å². The van der Waals surface area contributed by atoms with Crippen molar-refractivity contribution in [2.75, 3.05) is 19.5 Å². The van der Waals surface area contributed by atoms with Crippen LogP contribution in [-0.4, -0.2) is 32.1 Å². The number of nitrogens with one attached hydrogen (secondary N) is 1. The Morgan fingerprint density at radius 2 is 1.90 bits per heavy atom. The van der Waals surface area contributed by atoms with Crippen LogP contribution in [0.15, 0.2) is 30.0 Å². The quantitative estimate of drug-likeness (QED) is 0.607. The van der Waals surface area contributed by atoms with Crippen LogP contribution in [-0.2, 0) is 19.1 Å². The molecule has 112 valence electrons. The Hall–Kier alpha value is -2.90. The summed E-state index contributed by atoms with van der Waals surface area (Å²) in [6.45, 7) is 0. The minimum atomic E-state index is -1.03. The number of nitrogens with two attached hydrogens (primary N) is 1. The SMILES string of the molecule is COC(=O)/C=C(/Nc1cccc(F)c1C(N)=O)C(=O)OC. The molecule has 0 aliphatic carbocycles. The summed E-state index contributed by atoms with van der Waals surface area (Å²) < 4.78 is 22.5.